The molecule has 0 aliphatic heterocycles. The SMILES string of the molecule is CCNc1ccc(-c2c(-c3cc(OC)c(OC(C)=O)c(OC)c3)c(=O)oc3c(C)c(OC(C)=O)ccc23)cc1. The molecule has 0 radical (unpaired) electrons. The lowest BCUT2D eigenvalue weighted by Crippen LogP contribution is -2.09. The summed E-state index contributed by atoms with van der Waals surface area (Å²) in [5, 5.41) is 3.90. The molecule has 0 bridgehead atoms. The monoisotopic (exact) mass is 531 g/mol. The molecule has 0 saturated carbocycles. The zero-order valence-corrected chi connectivity index (χ0v) is 22.6. The molecular formula is C30H29NO8. The smallest absolute Gasteiger partial charge is 0.344 e. The third-order valence-corrected chi connectivity index (χ3v) is 6.08. The number of aryl methyl sites for hydroxylation is 1. The van der Waals surface area contributed by atoms with Crippen LogP contribution in [0.3, 0.4) is 0 Å². The minimum Gasteiger partial charge on any atom is -0.493 e. The number of esters is 2. The molecular weight excluding hydrogens is 502 g/mol. The average molecular weight is 532 g/mol. The highest BCUT2D eigenvalue weighted by Crippen LogP contribution is 2.45. The molecule has 0 atom stereocenters. The van der Waals surface area contributed by atoms with Crippen molar-refractivity contribution in [1.29, 1.82) is 0 Å². The maximum atomic E-state index is 13.7. The van der Waals surface area contributed by atoms with E-state index in [0.717, 1.165) is 17.8 Å². The third kappa shape index (κ3) is 5.43. The first kappa shape index (κ1) is 27.3. The van der Waals surface area contributed by atoms with Gasteiger partial charge in [-0.15, -0.1) is 0 Å². The van der Waals surface area contributed by atoms with Crippen LogP contribution in [0.4, 0.5) is 5.69 Å². The highest BCUT2D eigenvalue weighted by atomic mass is 16.6. The van der Waals surface area contributed by atoms with Gasteiger partial charge in [0.2, 0.25) is 5.75 Å². The van der Waals surface area contributed by atoms with Crippen LogP contribution in [-0.4, -0.2) is 32.7 Å². The second kappa shape index (κ2) is 11.3. The number of rotatable bonds is 8. The predicted octanol–water partition coefficient (Wildman–Crippen LogP) is 5.74. The number of hydrogen-bond acceptors (Lipinski definition) is 9. The second-order valence-electron chi connectivity index (χ2n) is 8.71. The first-order chi connectivity index (χ1) is 18.7. The van der Waals surface area contributed by atoms with Crippen molar-refractivity contribution in [2.75, 3.05) is 26.1 Å². The third-order valence-electron chi connectivity index (χ3n) is 6.08. The van der Waals surface area contributed by atoms with Crippen molar-refractivity contribution >= 4 is 28.6 Å². The van der Waals surface area contributed by atoms with Gasteiger partial charge in [0, 0.05) is 42.6 Å². The largest absolute Gasteiger partial charge is 0.493 e. The number of carbonyl (C=O) groups is 2. The van der Waals surface area contributed by atoms with E-state index in [-0.39, 0.29) is 22.8 Å². The maximum Gasteiger partial charge on any atom is 0.344 e. The zero-order chi connectivity index (χ0) is 28.3. The van der Waals surface area contributed by atoms with E-state index in [1.807, 2.05) is 31.2 Å². The lowest BCUT2D eigenvalue weighted by atomic mass is 9.91. The van der Waals surface area contributed by atoms with Crippen molar-refractivity contribution in [3.05, 3.63) is 64.5 Å². The molecule has 0 unspecified atom stereocenters. The Morgan fingerprint density at radius 3 is 1.97 bits per heavy atom. The summed E-state index contributed by atoms with van der Waals surface area (Å²) in [6.45, 7) is 7.06. The molecule has 1 heterocycles. The molecule has 0 aliphatic carbocycles. The van der Waals surface area contributed by atoms with Gasteiger partial charge >= 0.3 is 17.6 Å². The van der Waals surface area contributed by atoms with Crippen LogP contribution >= 0.6 is 0 Å². The molecule has 0 fully saturated rings. The quantitative estimate of drug-likeness (QED) is 0.173. The Kier molecular flexibility index (Phi) is 7.90. The van der Waals surface area contributed by atoms with Crippen molar-refractivity contribution in [2.24, 2.45) is 0 Å². The fraction of sp³-hybridized carbons (Fsp3) is 0.233. The van der Waals surface area contributed by atoms with Crippen molar-refractivity contribution < 1.29 is 33.0 Å². The summed E-state index contributed by atoms with van der Waals surface area (Å²) in [5.74, 6) is -0.233. The normalized spacial score (nSPS) is 10.7. The molecule has 39 heavy (non-hydrogen) atoms. The first-order valence-electron chi connectivity index (χ1n) is 12.3. The molecule has 9 nitrogen and oxygen atoms in total. The number of ether oxygens (including phenoxy) is 4. The van der Waals surface area contributed by atoms with Gasteiger partial charge in [-0.1, -0.05) is 12.1 Å². The maximum absolute atomic E-state index is 13.7. The number of methoxy groups -OCH3 is 2. The highest BCUT2D eigenvalue weighted by molar-refractivity contribution is 6.03. The van der Waals surface area contributed by atoms with Gasteiger partial charge in [-0.2, -0.15) is 0 Å². The summed E-state index contributed by atoms with van der Waals surface area (Å²) in [6.07, 6.45) is 0. The molecule has 0 aliphatic rings. The molecule has 0 amide bonds. The Morgan fingerprint density at radius 1 is 0.821 bits per heavy atom. The van der Waals surface area contributed by atoms with E-state index in [1.54, 1.807) is 31.2 Å². The number of hydrogen-bond donors (Lipinski definition) is 1. The van der Waals surface area contributed by atoms with E-state index in [9.17, 15) is 14.4 Å². The van der Waals surface area contributed by atoms with Gasteiger partial charge in [0.15, 0.2) is 11.5 Å². The summed E-state index contributed by atoms with van der Waals surface area (Å²) in [6, 6.07) is 14.3. The molecule has 3 aromatic carbocycles. The summed E-state index contributed by atoms with van der Waals surface area (Å²) in [4.78, 5) is 37.0. The minimum atomic E-state index is -0.624. The Hall–Kier alpha value is -4.79. The number of fused-ring (bicyclic) bond motifs is 1. The van der Waals surface area contributed by atoms with Gasteiger partial charge in [-0.25, -0.2) is 4.79 Å². The lowest BCUT2D eigenvalue weighted by Gasteiger charge is -2.18. The van der Waals surface area contributed by atoms with E-state index in [0.29, 0.717) is 33.4 Å². The molecule has 4 aromatic rings. The zero-order valence-electron chi connectivity index (χ0n) is 22.6. The van der Waals surface area contributed by atoms with Crippen molar-refractivity contribution in [2.45, 2.75) is 27.7 Å². The van der Waals surface area contributed by atoms with Crippen LogP contribution < -0.4 is 29.9 Å². The van der Waals surface area contributed by atoms with Gasteiger partial charge in [-0.05, 0) is 61.4 Å². The first-order valence-corrected chi connectivity index (χ1v) is 12.3. The van der Waals surface area contributed by atoms with Gasteiger partial charge in [0.05, 0.1) is 19.8 Å². The summed E-state index contributed by atoms with van der Waals surface area (Å²) < 4.78 is 27.5. The van der Waals surface area contributed by atoms with Gasteiger partial charge in [-0.3, -0.25) is 9.59 Å². The minimum absolute atomic E-state index is 0.0971. The Bertz CT molecular complexity index is 1590. The second-order valence-corrected chi connectivity index (χ2v) is 8.71. The fourth-order valence-corrected chi connectivity index (χ4v) is 4.44. The number of anilines is 1. The predicted molar refractivity (Wildman–Crippen MR) is 148 cm³/mol. The topological polar surface area (TPSA) is 113 Å². The van der Waals surface area contributed by atoms with E-state index in [2.05, 4.69) is 5.32 Å². The van der Waals surface area contributed by atoms with Crippen LogP contribution in [0.5, 0.6) is 23.0 Å². The van der Waals surface area contributed by atoms with Crippen molar-refractivity contribution in [3.8, 4) is 45.3 Å². The molecule has 1 aromatic heterocycles. The van der Waals surface area contributed by atoms with Gasteiger partial charge in [0.1, 0.15) is 11.3 Å². The average Bonchev–Trinajstić information content (AvgIpc) is 2.90. The van der Waals surface area contributed by atoms with Crippen LogP contribution in [0, 0.1) is 6.92 Å². The molecule has 202 valence electrons. The van der Waals surface area contributed by atoms with E-state index in [1.165, 1.54) is 28.1 Å². The van der Waals surface area contributed by atoms with Crippen LogP contribution in [0.2, 0.25) is 0 Å². The van der Waals surface area contributed by atoms with Crippen LogP contribution in [0.25, 0.3) is 33.2 Å². The Labute approximate surface area is 225 Å². The molecule has 0 saturated heterocycles. The van der Waals surface area contributed by atoms with E-state index in [4.69, 9.17) is 23.4 Å². The number of benzene rings is 3. The Balaban J connectivity index is 2.08. The summed E-state index contributed by atoms with van der Waals surface area (Å²) >= 11 is 0. The van der Waals surface area contributed by atoms with E-state index >= 15 is 0 Å². The van der Waals surface area contributed by atoms with E-state index < -0.39 is 17.6 Å². The summed E-state index contributed by atoms with van der Waals surface area (Å²) in [7, 11) is 2.85. The molecule has 4 rings (SSSR count). The van der Waals surface area contributed by atoms with Crippen LogP contribution in [-0.2, 0) is 9.59 Å². The number of carbonyl (C=O) groups excluding carboxylic acids is 2. The molecule has 1 N–H and O–H groups in total. The fourth-order valence-electron chi connectivity index (χ4n) is 4.44. The van der Waals surface area contributed by atoms with Crippen molar-refractivity contribution in [3.63, 3.8) is 0 Å². The standard InChI is InChI=1S/C30H29NO8/c1-7-31-21-10-8-19(9-11-21)26-22-12-13-23(37-17(3)32)16(2)28(22)39-30(34)27(26)20-14-24(35-5)29(38-18(4)33)25(15-20)36-6/h8-15,31H,7H2,1-6H3. The number of nitrogens with one attached hydrogen (secondary N) is 1. The van der Waals surface area contributed by atoms with Crippen molar-refractivity contribution in [1.82, 2.24) is 0 Å². The van der Waals surface area contributed by atoms with Crippen LogP contribution in [0.1, 0.15) is 26.3 Å². The summed E-state index contributed by atoms with van der Waals surface area (Å²) in [5.41, 5.74) is 3.16. The highest BCUT2D eigenvalue weighted by Gasteiger charge is 2.24. The lowest BCUT2D eigenvalue weighted by molar-refractivity contribution is -0.133. The van der Waals surface area contributed by atoms with Crippen LogP contribution in [0.15, 0.2) is 57.7 Å². The molecule has 0 spiro atoms. The van der Waals surface area contributed by atoms with Gasteiger partial charge < -0.3 is 28.7 Å². The molecule has 9 heteroatoms. The van der Waals surface area contributed by atoms with Gasteiger partial charge in [0.25, 0.3) is 0 Å². The Morgan fingerprint density at radius 2 is 1.44 bits per heavy atom.